The number of aromatic nitrogens is 4. The van der Waals surface area contributed by atoms with E-state index in [0.717, 1.165) is 17.8 Å². The van der Waals surface area contributed by atoms with Gasteiger partial charge in [0.15, 0.2) is 22.4 Å². The van der Waals surface area contributed by atoms with Crippen molar-refractivity contribution in [1.82, 2.24) is 19.7 Å². The van der Waals surface area contributed by atoms with Crippen LogP contribution in [0, 0.1) is 11.6 Å². The van der Waals surface area contributed by atoms with Gasteiger partial charge in [0, 0.05) is 5.25 Å². The van der Waals surface area contributed by atoms with Crippen LogP contribution < -0.4 is 5.56 Å². The fraction of sp³-hybridized carbons (Fsp3) is 0.105. The lowest BCUT2D eigenvalue weighted by Crippen LogP contribution is -2.10. The van der Waals surface area contributed by atoms with Crippen LogP contribution in [0.25, 0.3) is 16.7 Å². The van der Waals surface area contributed by atoms with Gasteiger partial charge in [0.1, 0.15) is 5.39 Å². The SMILES string of the molecule is CC(Sc1nc2c(cnn2-c2ccccc2)c(=O)[nH]1)c1ccc(F)c(F)c1. The van der Waals surface area contributed by atoms with Gasteiger partial charge in [0.25, 0.3) is 5.56 Å². The summed E-state index contributed by atoms with van der Waals surface area (Å²) in [6.07, 6.45) is 1.47. The molecular formula is C19H14F2N4OS. The standard InChI is InChI=1S/C19H14F2N4OS/c1-11(12-7-8-15(20)16(21)9-12)27-19-23-17-14(18(26)24-19)10-22-25(17)13-5-3-2-4-6-13/h2-11H,1H3,(H,23,24,26). The van der Waals surface area contributed by atoms with Crippen molar-refractivity contribution >= 4 is 22.8 Å². The van der Waals surface area contributed by atoms with Gasteiger partial charge in [-0.3, -0.25) is 4.79 Å². The maximum Gasteiger partial charge on any atom is 0.262 e. The number of para-hydroxylation sites is 1. The van der Waals surface area contributed by atoms with Crippen molar-refractivity contribution in [3.63, 3.8) is 0 Å². The smallest absolute Gasteiger partial charge is 0.262 e. The number of rotatable bonds is 4. The van der Waals surface area contributed by atoms with Crippen molar-refractivity contribution in [2.45, 2.75) is 17.3 Å². The first kappa shape index (κ1) is 17.4. The van der Waals surface area contributed by atoms with Crippen LogP contribution in [0.2, 0.25) is 0 Å². The summed E-state index contributed by atoms with van der Waals surface area (Å²) in [5, 5.41) is 4.77. The van der Waals surface area contributed by atoms with Crippen LogP contribution in [0.15, 0.2) is 64.7 Å². The van der Waals surface area contributed by atoms with E-state index in [0.29, 0.717) is 21.8 Å². The molecule has 0 aliphatic heterocycles. The monoisotopic (exact) mass is 384 g/mol. The maximum atomic E-state index is 13.5. The third-order valence-electron chi connectivity index (χ3n) is 4.12. The van der Waals surface area contributed by atoms with E-state index in [4.69, 9.17) is 0 Å². The third-order valence-corrected chi connectivity index (χ3v) is 5.16. The van der Waals surface area contributed by atoms with Crippen LogP contribution in [-0.4, -0.2) is 19.7 Å². The Kier molecular flexibility index (Phi) is 4.49. The number of hydrogen-bond donors (Lipinski definition) is 1. The Morgan fingerprint density at radius 2 is 1.89 bits per heavy atom. The number of halogens is 2. The molecule has 4 aromatic rings. The fourth-order valence-electron chi connectivity index (χ4n) is 2.71. The first-order valence-electron chi connectivity index (χ1n) is 8.18. The molecule has 1 N–H and O–H groups in total. The van der Waals surface area contributed by atoms with E-state index in [2.05, 4.69) is 15.1 Å². The Bertz CT molecular complexity index is 1170. The molecule has 0 aliphatic rings. The molecule has 0 saturated heterocycles. The van der Waals surface area contributed by atoms with Gasteiger partial charge in [0.2, 0.25) is 0 Å². The quantitative estimate of drug-likeness (QED) is 0.422. The molecule has 8 heteroatoms. The van der Waals surface area contributed by atoms with Gasteiger partial charge in [-0.15, -0.1) is 0 Å². The minimum absolute atomic E-state index is 0.242. The molecule has 0 aliphatic carbocycles. The second kappa shape index (κ2) is 6.96. The van der Waals surface area contributed by atoms with E-state index in [-0.39, 0.29) is 10.8 Å². The summed E-state index contributed by atoms with van der Waals surface area (Å²) >= 11 is 1.25. The van der Waals surface area contributed by atoms with Gasteiger partial charge >= 0.3 is 0 Å². The van der Waals surface area contributed by atoms with E-state index in [9.17, 15) is 13.6 Å². The molecule has 0 bridgehead atoms. The molecule has 0 radical (unpaired) electrons. The molecular weight excluding hydrogens is 370 g/mol. The van der Waals surface area contributed by atoms with Crippen LogP contribution >= 0.6 is 11.8 Å². The van der Waals surface area contributed by atoms with E-state index in [1.165, 1.54) is 24.0 Å². The Hall–Kier alpha value is -3.00. The molecule has 1 atom stereocenters. The molecule has 2 heterocycles. The molecule has 27 heavy (non-hydrogen) atoms. The summed E-state index contributed by atoms with van der Waals surface area (Å²) in [5.74, 6) is -1.80. The summed E-state index contributed by atoms with van der Waals surface area (Å²) < 4.78 is 28.2. The number of aromatic amines is 1. The largest absolute Gasteiger partial charge is 0.301 e. The molecule has 5 nitrogen and oxygen atoms in total. The van der Waals surface area contributed by atoms with Crippen molar-refractivity contribution in [2.75, 3.05) is 0 Å². The zero-order valence-electron chi connectivity index (χ0n) is 14.2. The Morgan fingerprint density at radius 1 is 1.11 bits per heavy atom. The minimum atomic E-state index is -0.904. The predicted molar refractivity (Wildman–Crippen MR) is 100 cm³/mol. The van der Waals surface area contributed by atoms with Gasteiger partial charge in [-0.1, -0.05) is 36.0 Å². The van der Waals surface area contributed by atoms with Gasteiger partial charge in [0.05, 0.1) is 11.9 Å². The van der Waals surface area contributed by atoms with Crippen LogP contribution in [0.4, 0.5) is 8.78 Å². The van der Waals surface area contributed by atoms with Gasteiger partial charge < -0.3 is 4.98 Å². The number of hydrogen-bond acceptors (Lipinski definition) is 4. The van der Waals surface area contributed by atoms with Gasteiger partial charge in [-0.2, -0.15) is 5.10 Å². The average Bonchev–Trinajstić information content (AvgIpc) is 3.09. The number of H-pyrrole nitrogens is 1. The second-order valence-electron chi connectivity index (χ2n) is 5.93. The van der Waals surface area contributed by atoms with E-state index in [1.807, 2.05) is 37.3 Å². The molecule has 0 spiro atoms. The van der Waals surface area contributed by atoms with E-state index in [1.54, 1.807) is 4.68 Å². The number of nitrogens with one attached hydrogen (secondary N) is 1. The van der Waals surface area contributed by atoms with Gasteiger partial charge in [-0.25, -0.2) is 18.4 Å². The lowest BCUT2D eigenvalue weighted by Gasteiger charge is -2.11. The number of fused-ring (bicyclic) bond motifs is 1. The number of nitrogens with zero attached hydrogens (tertiary/aromatic N) is 3. The second-order valence-corrected chi connectivity index (χ2v) is 7.26. The van der Waals surface area contributed by atoms with Gasteiger partial charge in [-0.05, 0) is 36.8 Å². The molecule has 0 amide bonds. The normalized spacial score (nSPS) is 12.4. The molecule has 136 valence electrons. The Balaban J connectivity index is 1.72. The topological polar surface area (TPSA) is 63.6 Å². The fourth-order valence-corrected chi connectivity index (χ4v) is 3.62. The highest BCUT2D eigenvalue weighted by molar-refractivity contribution is 7.99. The van der Waals surface area contributed by atoms with Crippen molar-refractivity contribution in [1.29, 1.82) is 0 Å². The summed E-state index contributed by atoms with van der Waals surface area (Å²) in [6, 6.07) is 13.1. The van der Waals surface area contributed by atoms with Crippen LogP contribution in [0.3, 0.4) is 0 Å². The number of benzene rings is 2. The minimum Gasteiger partial charge on any atom is -0.301 e. The summed E-state index contributed by atoms with van der Waals surface area (Å²) in [4.78, 5) is 19.6. The first-order chi connectivity index (χ1) is 13.0. The Morgan fingerprint density at radius 3 is 2.63 bits per heavy atom. The molecule has 1 unspecified atom stereocenters. The molecule has 2 aromatic carbocycles. The predicted octanol–water partition coefficient (Wildman–Crippen LogP) is 4.24. The van der Waals surface area contributed by atoms with Crippen LogP contribution in [-0.2, 0) is 0 Å². The lowest BCUT2D eigenvalue weighted by molar-refractivity contribution is 0.507. The summed E-state index contributed by atoms with van der Waals surface area (Å²) in [6.45, 7) is 1.83. The molecule has 4 rings (SSSR count). The average molecular weight is 384 g/mol. The van der Waals surface area contributed by atoms with E-state index >= 15 is 0 Å². The lowest BCUT2D eigenvalue weighted by atomic mass is 10.1. The van der Waals surface area contributed by atoms with Crippen molar-refractivity contribution in [3.05, 3.63) is 82.3 Å². The summed E-state index contributed by atoms with van der Waals surface area (Å²) in [7, 11) is 0. The van der Waals surface area contributed by atoms with E-state index < -0.39 is 11.6 Å². The highest BCUT2D eigenvalue weighted by Gasteiger charge is 2.15. The highest BCUT2D eigenvalue weighted by Crippen LogP contribution is 2.33. The third kappa shape index (κ3) is 3.35. The molecule has 0 fully saturated rings. The Labute approximate surface area is 157 Å². The summed E-state index contributed by atoms with van der Waals surface area (Å²) in [5.41, 5.74) is 1.51. The number of thioether (sulfide) groups is 1. The van der Waals surface area contributed by atoms with Crippen molar-refractivity contribution in [2.24, 2.45) is 0 Å². The maximum absolute atomic E-state index is 13.5. The zero-order chi connectivity index (χ0) is 19.0. The first-order valence-corrected chi connectivity index (χ1v) is 9.06. The van der Waals surface area contributed by atoms with Crippen LogP contribution in [0.1, 0.15) is 17.7 Å². The highest BCUT2D eigenvalue weighted by atomic mass is 32.2. The molecule has 2 aromatic heterocycles. The molecule has 0 saturated carbocycles. The zero-order valence-corrected chi connectivity index (χ0v) is 15.0. The van der Waals surface area contributed by atoms with Crippen molar-refractivity contribution in [3.8, 4) is 5.69 Å². The van der Waals surface area contributed by atoms with Crippen LogP contribution in [0.5, 0.6) is 0 Å². The van der Waals surface area contributed by atoms with Crippen molar-refractivity contribution < 1.29 is 8.78 Å².